The van der Waals surface area contributed by atoms with E-state index < -0.39 is 5.76 Å². The van der Waals surface area contributed by atoms with E-state index in [1.165, 1.54) is 4.57 Å². The quantitative estimate of drug-likeness (QED) is 0.497. The van der Waals surface area contributed by atoms with Gasteiger partial charge in [-0.15, -0.1) is 0 Å². The first-order valence-corrected chi connectivity index (χ1v) is 9.61. The van der Waals surface area contributed by atoms with Crippen molar-refractivity contribution < 1.29 is 9.21 Å². The predicted octanol–water partition coefficient (Wildman–Crippen LogP) is 4.17. The number of fused-ring (bicyclic) bond motifs is 1. The second kappa shape index (κ2) is 8.14. The number of aryl methyl sites for hydroxylation is 1. The number of carbonyl (C=O) groups excluding carboxylic acids is 1. The summed E-state index contributed by atoms with van der Waals surface area (Å²) in [6, 6.07) is 14.0. The Morgan fingerprint density at radius 1 is 1.14 bits per heavy atom. The topological polar surface area (TPSA) is 82.1 Å². The van der Waals surface area contributed by atoms with Gasteiger partial charge >= 0.3 is 5.76 Å². The number of carbonyl (C=O) groups is 1. The molecule has 4 aromatic rings. The Hall–Kier alpha value is -3.03. The summed E-state index contributed by atoms with van der Waals surface area (Å²) in [6.07, 6.45) is 1.70. The van der Waals surface area contributed by atoms with Gasteiger partial charge in [0.2, 0.25) is 5.91 Å². The molecule has 0 aliphatic rings. The molecule has 1 N–H and O–H groups in total. The van der Waals surface area contributed by atoms with Crippen LogP contribution in [0.5, 0.6) is 0 Å². The third-order valence-electron chi connectivity index (χ3n) is 4.46. The van der Waals surface area contributed by atoms with Crippen molar-refractivity contribution in [1.82, 2.24) is 14.3 Å². The van der Waals surface area contributed by atoms with Crippen LogP contribution in [-0.4, -0.2) is 20.3 Å². The highest BCUT2D eigenvalue weighted by Gasteiger charge is 2.13. The molecule has 0 saturated carbocycles. The summed E-state index contributed by atoms with van der Waals surface area (Å²) >= 11 is 12.1. The van der Waals surface area contributed by atoms with Crippen LogP contribution in [0.3, 0.4) is 0 Å². The number of anilines is 1. The van der Waals surface area contributed by atoms with E-state index in [1.807, 2.05) is 12.1 Å². The highest BCUT2D eigenvalue weighted by Crippen LogP contribution is 2.22. The first-order valence-electron chi connectivity index (χ1n) is 8.85. The van der Waals surface area contributed by atoms with Crippen molar-refractivity contribution in [3.63, 3.8) is 0 Å². The van der Waals surface area contributed by atoms with Crippen LogP contribution in [0.4, 0.5) is 5.82 Å². The molecule has 2 heterocycles. The highest BCUT2D eigenvalue weighted by molar-refractivity contribution is 6.35. The fourth-order valence-corrected chi connectivity index (χ4v) is 3.49. The summed E-state index contributed by atoms with van der Waals surface area (Å²) in [6.45, 7) is 0.587. The molecule has 2 aromatic heterocycles. The summed E-state index contributed by atoms with van der Waals surface area (Å²) in [7, 11) is 0. The minimum atomic E-state index is -0.485. The maximum Gasteiger partial charge on any atom is 0.419 e. The number of para-hydroxylation sites is 2. The van der Waals surface area contributed by atoms with Crippen LogP contribution in [0.15, 0.2) is 63.9 Å². The maximum atomic E-state index is 12.4. The van der Waals surface area contributed by atoms with Gasteiger partial charge in [-0.2, -0.15) is 5.10 Å². The summed E-state index contributed by atoms with van der Waals surface area (Å²) in [4.78, 5) is 24.4. The second-order valence-electron chi connectivity index (χ2n) is 6.40. The minimum absolute atomic E-state index is 0.107. The molecule has 9 heteroatoms. The third-order valence-corrected chi connectivity index (χ3v) is 5.04. The van der Waals surface area contributed by atoms with Gasteiger partial charge in [0.15, 0.2) is 5.58 Å². The lowest BCUT2D eigenvalue weighted by molar-refractivity contribution is -0.116. The van der Waals surface area contributed by atoms with Crippen LogP contribution in [0.25, 0.3) is 11.1 Å². The Labute approximate surface area is 175 Å². The lowest BCUT2D eigenvalue weighted by atomic mass is 10.2. The number of aromatic nitrogens is 3. The van der Waals surface area contributed by atoms with Gasteiger partial charge in [0.25, 0.3) is 0 Å². The number of rotatable bonds is 6. The van der Waals surface area contributed by atoms with Crippen LogP contribution in [-0.2, 0) is 17.9 Å². The van der Waals surface area contributed by atoms with Gasteiger partial charge in [0, 0.05) is 29.1 Å². The highest BCUT2D eigenvalue weighted by atomic mass is 35.5. The van der Waals surface area contributed by atoms with Crippen LogP contribution >= 0.6 is 23.2 Å². The lowest BCUT2D eigenvalue weighted by Gasteiger charge is -2.10. The van der Waals surface area contributed by atoms with E-state index in [-0.39, 0.29) is 18.9 Å². The molecule has 148 valence electrons. The molecule has 0 aliphatic heterocycles. The van der Waals surface area contributed by atoms with Gasteiger partial charge < -0.3 is 9.73 Å². The van der Waals surface area contributed by atoms with Crippen molar-refractivity contribution in [3.05, 3.63) is 80.9 Å². The fraction of sp³-hybridized carbons (Fsp3) is 0.150. The molecule has 0 atom stereocenters. The van der Waals surface area contributed by atoms with Crippen molar-refractivity contribution in [2.45, 2.75) is 19.5 Å². The van der Waals surface area contributed by atoms with Crippen LogP contribution in [0.2, 0.25) is 10.0 Å². The Morgan fingerprint density at radius 3 is 2.79 bits per heavy atom. The average molecular weight is 431 g/mol. The number of nitrogens with one attached hydrogen (secondary N) is 1. The monoisotopic (exact) mass is 430 g/mol. The van der Waals surface area contributed by atoms with Gasteiger partial charge in [-0.25, -0.2) is 9.48 Å². The van der Waals surface area contributed by atoms with Crippen LogP contribution in [0.1, 0.15) is 12.0 Å². The summed E-state index contributed by atoms with van der Waals surface area (Å²) in [5, 5.41) is 8.13. The maximum absolute atomic E-state index is 12.4. The number of halogens is 2. The Bertz CT molecular complexity index is 1240. The zero-order valence-electron chi connectivity index (χ0n) is 15.1. The van der Waals surface area contributed by atoms with E-state index in [1.54, 1.807) is 47.3 Å². The first-order chi connectivity index (χ1) is 14.0. The van der Waals surface area contributed by atoms with Crippen LogP contribution < -0.4 is 11.1 Å². The van der Waals surface area contributed by atoms with Gasteiger partial charge in [-0.3, -0.25) is 9.36 Å². The number of amides is 1. The molecule has 1 amide bonds. The number of benzene rings is 2. The van der Waals surface area contributed by atoms with Crippen molar-refractivity contribution in [3.8, 4) is 0 Å². The first kappa shape index (κ1) is 19.3. The average Bonchev–Trinajstić information content (AvgIpc) is 3.25. The predicted molar refractivity (Wildman–Crippen MR) is 112 cm³/mol. The van der Waals surface area contributed by atoms with Crippen molar-refractivity contribution in [1.29, 1.82) is 0 Å². The number of hydrogen-bond acceptors (Lipinski definition) is 4. The third kappa shape index (κ3) is 4.21. The van der Waals surface area contributed by atoms with E-state index in [0.717, 1.165) is 5.56 Å². The smallest absolute Gasteiger partial charge is 0.408 e. The van der Waals surface area contributed by atoms with E-state index in [9.17, 15) is 9.59 Å². The molecule has 2 aromatic carbocycles. The molecule has 29 heavy (non-hydrogen) atoms. The Kier molecular flexibility index (Phi) is 5.42. The van der Waals surface area contributed by atoms with E-state index in [4.69, 9.17) is 27.6 Å². The number of hydrogen-bond donors (Lipinski definition) is 1. The molecular weight excluding hydrogens is 415 g/mol. The number of nitrogens with zero attached hydrogens (tertiary/aromatic N) is 3. The summed E-state index contributed by atoms with van der Waals surface area (Å²) in [5.41, 5.74) is 1.98. The standard InChI is InChI=1S/C20H16Cl2N4O3/c21-14-6-5-13(15(22)11-14)12-26-18(7-9-23-26)24-19(27)8-10-25-16-3-1-2-4-17(16)29-20(25)28/h1-7,9,11H,8,10,12H2,(H,24,27). The number of oxazole rings is 1. The molecule has 0 aliphatic carbocycles. The Balaban J connectivity index is 1.43. The minimum Gasteiger partial charge on any atom is -0.408 e. The van der Waals surface area contributed by atoms with Crippen LogP contribution in [0, 0.1) is 0 Å². The zero-order valence-corrected chi connectivity index (χ0v) is 16.7. The van der Waals surface area contributed by atoms with E-state index in [2.05, 4.69) is 10.4 Å². The molecule has 7 nitrogen and oxygen atoms in total. The lowest BCUT2D eigenvalue weighted by Crippen LogP contribution is -2.21. The zero-order chi connectivity index (χ0) is 20.4. The molecule has 0 unspecified atom stereocenters. The molecule has 0 radical (unpaired) electrons. The fourth-order valence-electron chi connectivity index (χ4n) is 3.02. The second-order valence-corrected chi connectivity index (χ2v) is 7.24. The SMILES string of the molecule is O=C(CCn1c(=O)oc2ccccc21)Nc1ccnn1Cc1ccc(Cl)cc1Cl. The van der Waals surface area contributed by atoms with Gasteiger partial charge in [-0.1, -0.05) is 41.4 Å². The normalized spacial score (nSPS) is 11.1. The largest absolute Gasteiger partial charge is 0.419 e. The van der Waals surface area contributed by atoms with Gasteiger partial charge in [-0.05, 0) is 29.8 Å². The van der Waals surface area contributed by atoms with Gasteiger partial charge in [0.05, 0.1) is 18.3 Å². The Morgan fingerprint density at radius 2 is 1.97 bits per heavy atom. The van der Waals surface area contributed by atoms with Crippen molar-refractivity contribution >= 4 is 46.0 Å². The summed E-state index contributed by atoms with van der Waals surface area (Å²) < 4.78 is 8.26. The molecule has 0 bridgehead atoms. The van der Waals surface area contributed by atoms with Crippen molar-refractivity contribution in [2.75, 3.05) is 5.32 Å². The van der Waals surface area contributed by atoms with E-state index >= 15 is 0 Å². The summed E-state index contributed by atoms with van der Waals surface area (Å²) in [5.74, 6) is -0.196. The van der Waals surface area contributed by atoms with E-state index in [0.29, 0.717) is 33.5 Å². The molecule has 4 rings (SSSR count). The molecule has 0 fully saturated rings. The molecule has 0 spiro atoms. The van der Waals surface area contributed by atoms with Gasteiger partial charge in [0.1, 0.15) is 5.82 Å². The molecular formula is C20H16Cl2N4O3. The van der Waals surface area contributed by atoms with Crippen molar-refractivity contribution in [2.24, 2.45) is 0 Å². The molecule has 0 saturated heterocycles.